The van der Waals surface area contributed by atoms with E-state index in [-0.39, 0.29) is 11.2 Å². The second-order valence-corrected chi connectivity index (χ2v) is 9.90. The Bertz CT molecular complexity index is 1300. The van der Waals surface area contributed by atoms with Crippen molar-refractivity contribution in [3.8, 4) is 11.1 Å². The Morgan fingerprint density at radius 1 is 0.788 bits per heavy atom. The van der Waals surface area contributed by atoms with Crippen molar-refractivity contribution in [1.82, 2.24) is 0 Å². The van der Waals surface area contributed by atoms with E-state index in [4.69, 9.17) is 0 Å². The molecule has 1 heteroatoms. The molecule has 2 atom stereocenters. The molecule has 2 aliphatic rings. The molecule has 0 N–H and O–H groups in total. The first-order chi connectivity index (χ1) is 16.2. The molecule has 0 saturated carbocycles. The minimum Gasteiger partial charge on any atom is -0.207 e. The van der Waals surface area contributed by atoms with Gasteiger partial charge in [0.15, 0.2) is 0 Å². The van der Waals surface area contributed by atoms with E-state index in [2.05, 4.69) is 73.7 Å². The van der Waals surface area contributed by atoms with Gasteiger partial charge in [-0.1, -0.05) is 85.8 Å². The summed E-state index contributed by atoms with van der Waals surface area (Å²) < 4.78 is 13.9. The molecule has 4 aromatic carbocycles. The maximum absolute atomic E-state index is 13.9. The van der Waals surface area contributed by atoms with Gasteiger partial charge in [-0.25, -0.2) is 4.39 Å². The van der Waals surface area contributed by atoms with Crippen LogP contribution < -0.4 is 0 Å². The summed E-state index contributed by atoms with van der Waals surface area (Å²) in [5.74, 6) is 0.365. The van der Waals surface area contributed by atoms with E-state index in [0.29, 0.717) is 5.92 Å². The number of rotatable bonds is 3. The van der Waals surface area contributed by atoms with Crippen molar-refractivity contribution < 1.29 is 4.39 Å². The topological polar surface area (TPSA) is 0 Å². The monoisotopic (exact) mass is 432 g/mol. The molecule has 0 heterocycles. The van der Waals surface area contributed by atoms with Crippen LogP contribution in [0.5, 0.6) is 0 Å². The van der Waals surface area contributed by atoms with Gasteiger partial charge >= 0.3 is 0 Å². The van der Waals surface area contributed by atoms with Gasteiger partial charge in [-0.3, -0.25) is 0 Å². The first kappa shape index (κ1) is 20.4. The quantitative estimate of drug-likeness (QED) is 0.307. The standard InChI is InChI=1S/C32H29F/c1-22-19-20-32(21-23-7-3-2-4-8-23,25-12-14-26(33)15-13-25)30-18-17-28-27-10-6-5-9-24(27)11-16-29(28)31(22)30/h2-10,12-15,17-18,22H,11,16,19-21H2,1H3. The predicted octanol–water partition coefficient (Wildman–Crippen LogP) is 8.02. The third-order valence-corrected chi connectivity index (χ3v) is 8.07. The lowest BCUT2D eigenvalue weighted by Crippen LogP contribution is -2.36. The Hall–Kier alpha value is -3.19. The zero-order valence-electron chi connectivity index (χ0n) is 19.2. The van der Waals surface area contributed by atoms with Crippen LogP contribution in [-0.2, 0) is 24.7 Å². The zero-order chi connectivity index (χ0) is 22.4. The fourth-order valence-corrected chi connectivity index (χ4v) is 6.47. The summed E-state index contributed by atoms with van der Waals surface area (Å²) in [5, 5.41) is 0. The van der Waals surface area contributed by atoms with Crippen molar-refractivity contribution >= 4 is 0 Å². The molecule has 0 aromatic heterocycles. The highest BCUT2D eigenvalue weighted by molar-refractivity contribution is 5.76. The van der Waals surface area contributed by atoms with E-state index in [1.165, 1.54) is 38.9 Å². The van der Waals surface area contributed by atoms with Gasteiger partial charge in [-0.15, -0.1) is 0 Å². The van der Waals surface area contributed by atoms with E-state index in [9.17, 15) is 4.39 Å². The molecule has 0 nitrogen and oxygen atoms in total. The average Bonchev–Trinajstić information content (AvgIpc) is 2.86. The second-order valence-electron chi connectivity index (χ2n) is 9.90. The van der Waals surface area contributed by atoms with Crippen LogP contribution in [0.15, 0.2) is 91.0 Å². The van der Waals surface area contributed by atoms with E-state index in [1.54, 1.807) is 17.7 Å². The number of hydrogen-bond donors (Lipinski definition) is 0. The van der Waals surface area contributed by atoms with Crippen LogP contribution in [0.1, 0.15) is 59.1 Å². The Morgan fingerprint density at radius 2 is 1.55 bits per heavy atom. The zero-order valence-corrected chi connectivity index (χ0v) is 19.2. The molecule has 2 unspecified atom stereocenters. The maximum Gasteiger partial charge on any atom is 0.123 e. The molecule has 0 bridgehead atoms. The molecule has 0 fully saturated rings. The van der Waals surface area contributed by atoms with Crippen molar-refractivity contribution in [2.75, 3.05) is 0 Å². The highest BCUT2D eigenvalue weighted by atomic mass is 19.1. The fraction of sp³-hybridized carbons (Fsp3) is 0.250. The van der Waals surface area contributed by atoms with Crippen LogP contribution in [0.4, 0.5) is 4.39 Å². The molecule has 2 aliphatic carbocycles. The van der Waals surface area contributed by atoms with Crippen LogP contribution in [0, 0.1) is 5.82 Å². The Labute approximate surface area is 196 Å². The third-order valence-electron chi connectivity index (χ3n) is 8.07. The van der Waals surface area contributed by atoms with E-state index < -0.39 is 0 Å². The third kappa shape index (κ3) is 3.33. The molecular formula is C32H29F. The molecule has 164 valence electrons. The average molecular weight is 433 g/mol. The molecule has 0 aliphatic heterocycles. The van der Waals surface area contributed by atoms with Crippen LogP contribution in [0.2, 0.25) is 0 Å². The summed E-state index contributed by atoms with van der Waals surface area (Å²) in [6.45, 7) is 2.40. The lowest BCUT2D eigenvalue weighted by atomic mass is 9.59. The number of hydrogen-bond acceptors (Lipinski definition) is 0. The molecular weight excluding hydrogens is 403 g/mol. The van der Waals surface area contributed by atoms with E-state index >= 15 is 0 Å². The first-order valence-corrected chi connectivity index (χ1v) is 12.2. The van der Waals surface area contributed by atoms with Crippen LogP contribution in [-0.4, -0.2) is 0 Å². The van der Waals surface area contributed by atoms with Crippen molar-refractivity contribution in [3.05, 3.63) is 130 Å². The summed E-state index contributed by atoms with van der Waals surface area (Å²) in [5.41, 5.74) is 11.3. The lowest BCUT2D eigenvalue weighted by Gasteiger charge is -2.44. The van der Waals surface area contributed by atoms with Gasteiger partial charge in [-0.05, 0) is 94.7 Å². The Kier molecular flexibility index (Phi) is 4.94. The Morgan fingerprint density at radius 3 is 2.36 bits per heavy atom. The summed E-state index contributed by atoms with van der Waals surface area (Å²) >= 11 is 0. The summed E-state index contributed by atoms with van der Waals surface area (Å²) in [6, 6.07) is 31.8. The molecule has 0 radical (unpaired) electrons. The van der Waals surface area contributed by atoms with Crippen LogP contribution in [0.25, 0.3) is 11.1 Å². The number of fused-ring (bicyclic) bond motifs is 5. The Balaban J connectivity index is 1.59. The SMILES string of the molecule is CC1CCC(Cc2ccccc2)(c2ccc(F)cc2)c2ccc3c(c21)CCc1ccccc1-3. The van der Waals surface area contributed by atoms with Gasteiger partial charge in [0.05, 0.1) is 0 Å². The van der Waals surface area contributed by atoms with Crippen LogP contribution in [0.3, 0.4) is 0 Å². The second kappa shape index (κ2) is 7.99. The molecule has 33 heavy (non-hydrogen) atoms. The molecule has 4 aromatic rings. The van der Waals surface area contributed by atoms with Gasteiger partial charge < -0.3 is 0 Å². The largest absolute Gasteiger partial charge is 0.207 e. The van der Waals surface area contributed by atoms with Gasteiger partial charge in [0.1, 0.15) is 5.82 Å². The predicted molar refractivity (Wildman–Crippen MR) is 134 cm³/mol. The molecule has 0 saturated heterocycles. The van der Waals surface area contributed by atoms with Crippen molar-refractivity contribution in [2.24, 2.45) is 0 Å². The molecule has 0 spiro atoms. The van der Waals surface area contributed by atoms with E-state index in [1.807, 2.05) is 12.1 Å². The normalized spacial score (nSPS) is 21.1. The minimum absolute atomic E-state index is 0.136. The highest BCUT2D eigenvalue weighted by Crippen LogP contribution is 2.52. The fourth-order valence-electron chi connectivity index (χ4n) is 6.47. The number of halogens is 1. The minimum atomic E-state index is -0.167. The molecule has 6 rings (SSSR count). The van der Waals surface area contributed by atoms with Crippen molar-refractivity contribution in [1.29, 1.82) is 0 Å². The summed E-state index contributed by atoms with van der Waals surface area (Å²) in [6.07, 6.45) is 5.38. The van der Waals surface area contributed by atoms with E-state index in [0.717, 1.165) is 32.1 Å². The van der Waals surface area contributed by atoms with Gasteiger partial charge in [0.25, 0.3) is 0 Å². The van der Waals surface area contributed by atoms with Crippen molar-refractivity contribution in [3.63, 3.8) is 0 Å². The van der Waals surface area contributed by atoms with Gasteiger partial charge in [-0.2, -0.15) is 0 Å². The van der Waals surface area contributed by atoms with Crippen molar-refractivity contribution in [2.45, 2.75) is 50.4 Å². The molecule has 0 amide bonds. The number of benzene rings is 4. The van der Waals surface area contributed by atoms with Gasteiger partial charge in [0.2, 0.25) is 0 Å². The smallest absolute Gasteiger partial charge is 0.123 e. The highest BCUT2D eigenvalue weighted by Gasteiger charge is 2.42. The summed E-state index contributed by atoms with van der Waals surface area (Å²) in [4.78, 5) is 0. The lowest BCUT2D eigenvalue weighted by molar-refractivity contribution is 0.394. The first-order valence-electron chi connectivity index (χ1n) is 12.2. The number of aryl methyl sites for hydroxylation is 1. The van der Waals surface area contributed by atoms with Gasteiger partial charge in [0, 0.05) is 5.41 Å². The van der Waals surface area contributed by atoms with Crippen LogP contribution >= 0.6 is 0 Å². The maximum atomic E-state index is 13.9. The summed E-state index contributed by atoms with van der Waals surface area (Å²) in [7, 11) is 0.